The van der Waals surface area contributed by atoms with Gasteiger partial charge in [0, 0.05) is 5.69 Å². The van der Waals surface area contributed by atoms with E-state index < -0.39 is 0 Å². The molecule has 2 nitrogen and oxygen atoms in total. The monoisotopic (exact) mass is 267 g/mol. The molecule has 2 N–H and O–H groups in total. The summed E-state index contributed by atoms with van der Waals surface area (Å²) in [6.45, 7) is 6.08. The topological polar surface area (TPSA) is 32.3 Å². The summed E-state index contributed by atoms with van der Waals surface area (Å²) in [5.74, 6) is -0.242. The highest BCUT2D eigenvalue weighted by molar-refractivity contribution is 5.48. The second-order valence-electron chi connectivity index (χ2n) is 5.67. The van der Waals surface area contributed by atoms with Gasteiger partial charge < -0.3 is 10.4 Å². The van der Waals surface area contributed by atoms with Gasteiger partial charge in [-0.3, -0.25) is 0 Å². The van der Waals surface area contributed by atoms with Crippen LogP contribution in [0.2, 0.25) is 0 Å². The summed E-state index contributed by atoms with van der Waals surface area (Å²) in [5, 5.41) is 12.9. The Kier molecular flexibility index (Phi) is 6.29. The second-order valence-corrected chi connectivity index (χ2v) is 5.67. The highest BCUT2D eigenvalue weighted by Gasteiger charge is 2.22. The van der Waals surface area contributed by atoms with Gasteiger partial charge in [0.1, 0.15) is 5.82 Å². The van der Waals surface area contributed by atoms with Crippen molar-refractivity contribution in [1.29, 1.82) is 0 Å². The third kappa shape index (κ3) is 5.60. The number of unbranched alkanes of at least 4 members (excludes halogenated alkanes) is 3. The smallest absolute Gasteiger partial charge is 0.125 e. The van der Waals surface area contributed by atoms with Gasteiger partial charge in [0.15, 0.2) is 0 Å². The van der Waals surface area contributed by atoms with E-state index in [2.05, 4.69) is 12.2 Å². The van der Waals surface area contributed by atoms with Crippen LogP contribution in [0.25, 0.3) is 0 Å². The Morgan fingerprint density at radius 1 is 1.21 bits per heavy atom. The van der Waals surface area contributed by atoms with Crippen LogP contribution < -0.4 is 5.32 Å². The van der Waals surface area contributed by atoms with E-state index in [1.54, 1.807) is 0 Å². The molecule has 3 heteroatoms. The van der Waals surface area contributed by atoms with Crippen LogP contribution in [0.5, 0.6) is 0 Å². The van der Waals surface area contributed by atoms with Crippen LogP contribution >= 0.6 is 0 Å². The Bertz CT molecular complexity index is 374. The summed E-state index contributed by atoms with van der Waals surface area (Å²) in [4.78, 5) is 0. The maximum absolute atomic E-state index is 13.4. The predicted octanol–water partition coefficient (Wildman–Crippen LogP) is 4.27. The molecule has 0 amide bonds. The maximum Gasteiger partial charge on any atom is 0.125 e. The summed E-state index contributed by atoms with van der Waals surface area (Å²) < 4.78 is 13.4. The van der Waals surface area contributed by atoms with Crippen LogP contribution in [0.1, 0.15) is 51.5 Å². The fraction of sp³-hybridized carbons (Fsp3) is 0.625. The highest BCUT2D eigenvalue weighted by Crippen LogP contribution is 2.23. The minimum atomic E-state index is -0.381. The molecule has 0 aliphatic carbocycles. The maximum atomic E-state index is 13.4. The van der Waals surface area contributed by atoms with E-state index in [0.717, 1.165) is 24.1 Å². The molecule has 1 unspecified atom stereocenters. The number of hydrogen-bond donors (Lipinski definition) is 2. The van der Waals surface area contributed by atoms with Crippen molar-refractivity contribution in [3.63, 3.8) is 0 Å². The Hall–Kier alpha value is -1.09. The quantitative estimate of drug-likeness (QED) is 0.689. The Morgan fingerprint density at radius 3 is 2.53 bits per heavy atom. The summed E-state index contributed by atoms with van der Waals surface area (Å²) >= 11 is 0. The standard InChI is InChI=1S/C16H26FNO/c1-4-5-6-7-8-16(3,12-19)18-15-10-13(2)9-14(17)11-15/h9-11,18-19H,4-8,12H2,1-3H3. The largest absolute Gasteiger partial charge is 0.394 e. The number of aliphatic hydroxyl groups is 1. The number of aryl methyl sites for hydroxylation is 1. The van der Waals surface area contributed by atoms with Gasteiger partial charge in [-0.1, -0.05) is 32.6 Å². The van der Waals surface area contributed by atoms with E-state index in [1.165, 1.54) is 31.4 Å². The van der Waals surface area contributed by atoms with E-state index in [0.29, 0.717) is 0 Å². The zero-order valence-corrected chi connectivity index (χ0v) is 12.3. The third-order valence-electron chi connectivity index (χ3n) is 3.42. The molecule has 0 aliphatic rings. The lowest BCUT2D eigenvalue weighted by Gasteiger charge is -2.30. The van der Waals surface area contributed by atoms with Crippen molar-refractivity contribution in [1.82, 2.24) is 0 Å². The molecular weight excluding hydrogens is 241 g/mol. The molecule has 108 valence electrons. The molecule has 0 radical (unpaired) electrons. The first kappa shape index (κ1) is 16.0. The number of benzene rings is 1. The van der Waals surface area contributed by atoms with E-state index in [4.69, 9.17) is 0 Å². The zero-order chi connectivity index (χ0) is 14.3. The van der Waals surface area contributed by atoms with Gasteiger partial charge in [-0.25, -0.2) is 4.39 Å². The number of anilines is 1. The summed E-state index contributed by atoms with van der Waals surface area (Å²) in [6.07, 6.45) is 5.56. The van der Waals surface area contributed by atoms with Gasteiger partial charge >= 0.3 is 0 Å². The van der Waals surface area contributed by atoms with E-state index in [9.17, 15) is 9.50 Å². The summed E-state index contributed by atoms with van der Waals surface area (Å²) in [7, 11) is 0. The lowest BCUT2D eigenvalue weighted by molar-refractivity contribution is 0.211. The van der Waals surface area contributed by atoms with Crippen LogP contribution in [-0.4, -0.2) is 17.3 Å². The molecule has 1 atom stereocenters. The first-order chi connectivity index (χ1) is 8.99. The lowest BCUT2D eigenvalue weighted by Crippen LogP contribution is -2.38. The van der Waals surface area contributed by atoms with Crippen LogP contribution in [0.4, 0.5) is 10.1 Å². The molecule has 0 aromatic heterocycles. The van der Waals surface area contributed by atoms with Crippen LogP contribution in [0.15, 0.2) is 18.2 Å². The Morgan fingerprint density at radius 2 is 1.95 bits per heavy atom. The zero-order valence-electron chi connectivity index (χ0n) is 12.3. The van der Waals surface area contributed by atoms with Crippen LogP contribution in [0.3, 0.4) is 0 Å². The van der Waals surface area contributed by atoms with Crippen molar-refractivity contribution < 1.29 is 9.50 Å². The van der Waals surface area contributed by atoms with Gasteiger partial charge in [-0.15, -0.1) is 0 Å². The van der Waals surface area contributed by atoms with Crippen molar-refractivity contribution in [2.45, 2.75) is 58.4 Å². The molecule has 1 aromatic rings. The van der Waals surface area contributed by atoms with Crippen molar-refractivity contribution in [2.75, 3.05) is 11.9 Å². The van der Waals surface area contributed by atoms with Gasteiger partial charge in [0.05, 0.1) is 12.1 Å². The minimum Gasteiger partial charge on any atom is -0.394 e. The van der Waals surface area contributed by atoms with E-state index in [-0.39, 0.29) is 18.0 Å². The number of hydrogen-bond acceptors (Lipinski definition) is 2. The predicted molar refractivity (Wildman–Crippen MR) is 79.0 cm³/mol. The fourth-order valence-corrected chi connectivity index (χ4v) is 2.28. The van der Waals surface area contributed by atoms with Gasteiger partial charge in [-0.2, -0.15) is 0 Å². The van der Waals surface area contributed by atoms with E-state index >= 15 is 0 Å². The normalized spacial score (nSPS) is 14.2. The van der Waals surface area contributed by atoms with Crippen LogP contribution in [0, 0.1) is 12.7 Å². The molecular formula is C16H26FNO. The van der Waals surface area contributed by atoms with Gasteiger partial charge in [0.25, 0.3) is 0 Å². The third-order valence-corrected chi connectivity index (χ3v) is 3.42. The number of aliphatic hydroxyl groups excluding tert-OH is 1. The number of nitrogens with one attached hydrogen (secondary N) is 1. The summed E-state index contributed by atoms with van der Waals surface area (Å²) in [5.41, 5.74) is 1.24. The van der Waals surface area contributed by atoms with Gasteiger partial charge in [-0.05, 0) is 44.0 Å². The second kappa shape index (κ2) is 7.49. The van der Waals surface area contributed by atoms with Crippen LogP contribution in [-0.2, 0) is 0 Å². The molecule has 1 rings (SSSR count). The average molecular weight is 267 g/mol. The first-order valence-electron chi connectivity index (χ1n) is 7.15. The van der Waals surface area contributed by atoms with Gasteiger partial charge in [0.2, 0.25) is 0 Å². The molecule has 1 aromatic carbocycles. The van der Waals surface area contributed by atoms with Crippen molar-refractivity contribution in [2.24, 2.45) is 0 Å². The number of rotatable bonds is 8. The molecule has 0 fully saturated rings. The molecule has 0 spiro atoms. The van der Waals surface area contributed by atoms with Crippen molar-refractivity contribution >= 4 is 5.69 Å². The molecule has 0 aliphatic heterocycles. The SMILES string of the molecule is CCCCCCC(C)(CO)Nc1cc(C)cc(F)c1. The molecule has 19 heavy (non-hydrogen) atoms. The minimum absolute atomic E-state index is 0.0503. The Labute approximate surface area is 116 Å². The fourth-order valence-electron chi connectivity index (χ4n) is 2.28. The summed E-state index contributed by atoms with van der Waals surface area (Å²) in [6, 6.07) is 4.89. The molecule has 0 heterocycles. The molecule has 0 saturated heterocycles. The molecule has 0 bridgehead atoms. The molecule has 0 saturated carbocycles. The number of halogens is 1. The van der Waals surface area contributed by atoms with Crippen molar-refractivity contribution in [3.8, 4) is 0 Å². The average Bonchev–Trinajstić information content (AvgIpc) is 2.33. The van der Waals surface area contributed by atoms with E-state index in [1.807, 2.05) is 19.9 Å². The highest BCUT2D eigenvalue weighted by atomic mass is 19.1. The van der Waals surface area contributed by atoms with Crippen molar-refractivity contribution in [3.05, 3.63) is 29.6 Å². The first-order valence-corrected chi connectivity index (χ1v) is 7.15. The Balaban J connectivity index is 2.63. The lowest BCUT2D eigenvalue weighted by atomic mass is 9.94.